The number of piperazine rings is 1. The van der Waals surface area contributed by atoms with Gasteiger partial charge < -0.3 is 9.42 Å². The molecule has 1 aliphatic heterocycles. The summed E-state index contributed by atoms with van der Waals surface area (Å²) in [6.45, 7) is 8.56. The SMILES string of the molecule is CC(C)Cc1nc(-c2ccc(CN3CCN(C(=O)Cc4ccsc4)CC3)cc2)no1. The van der Waals surface area contributed by atoms with Crippen molar-refractivity contribution < 1.29 is 9.32 Å². The molecule has 0 N–H and O–H groups in total. The number of carbonyl (C=O) groups is 1. The van der Waals surface area contributed by atoms with Crippen LogP contribution in [0.15, 0.2) is 45.6 Å². The zero-order valence-corrected chi connectivity index (χ0v) is 18.4. The van der Waals surface area contributed by atoms with Crippen molar-refractivity contribution in [2.75, 3.05) is 26.2 Å². The molecule has 6 nitrogen and oxygen atoms in total. The van der Waals surface area contributed by atoms with Gasteiger partial charge >= 0.3 is 0 Å². The van der Waals surface area contributed by atoms with Crippen molar-refractivity contribution in [3.63, 3.8) is 0 Å². The van der Waals surface area contributed by atoms with Gasteiger partial charge in [-0.2, -0.15) is 16.3 Å². The molecule has 1 saturated heterocycles. The van der Waals surface area contributed by atoms with Crippen molar-refractivity contribution >= 4 is 17.2 Å². The zero-order chi connectivity index (χ0) is 20.9. The molecule has 158 valence electrons. The Bertz CT molecular complexity index is 942. The number of carbonyl (C=O) groups excluding carboxylic acids is 1. The summed E-state index contributed by atoms with van der Waals surface area (Å²) in [5.41, 5.74) is 3.34. The fourth-order valence-corrected chi connectivity index (χ4v) is 4.33. The molecule has 0 bridgehead atoms. The average molecular weight is 425 g/mol. The summed E-state index contributed by atoms with van der Waals surface area (Å²) in [6.07, 6.45) is 1.31. The maximum atomic E-state index is 12.5. The zero-order valence-electron chi connectivity index (χ0n) is 17.6. The molecular weight excluding hydrogens is 396 g/mol. The van der Waals surface area contributed by atoms with Gasteiger partial charge in [0.1, 0.15) is 0 Å². The number of amides is 1. The molecule has 1 aliphatic rings. The summed E-state index contributed by atoms with van der Waals surface area (Å²) >= 11 is 1.64. The van der Waals surface area contributed by atoms with Crippen LogP contribution in [0.4, 0.5) is 0 Å². The molecule has 0 spiro atoms. The summed E-state index contributed by atoms with van der Waals surface area (Å²) in [4.78, 5) is 21.3. The van der Waals surface area contributed by atoms with Crippen molar-refractivity contribution in [1.29, 1.82) is 0 Å². The lowest BCUT2D eigenvalue weighted by Gasteiger charge is -2.34. The summed E-state index contributed by atoms with van der Waals surface area (Å²) in [6, 6.07) is 10.4. The first-order valence-corrected chi connectivity index (χ1v) is 11.4. The Kier molecular flexibility index (Phi) is 6.59. The minimum Gasteiger partial charge on any atom is -0.340 e. The van der Waals surface area contributed by atoms with Crippen LogP contribution >= 0.6 is 11.3 Å². The summed E-state index contributed by atoms with van der Waals surface area (Å²) in [7, 11) is 0. The molecular formula is C23H28N4O2S. The number of nitrogens with zero attached hydrogens (tertiary/aromatic N) is 4. The maximum Gasteiger partial charge on any atom is 0.227 e. The van der Waals surface area contributed by atoms with E-state index in [0.29, 0.717) is 24.1 Å². The highest BCUT2D eigenvalue weighted by atomic mass is 32.1. The Hall–Kier alpha value is -2.51. The van der Waals surface area contributed by atoms with E-state index in [1.54, 1.807) is 11.3 Å². The Labute approximate surface area is 181 Å². The predicted octanol–water partition coefficient (Wildman–Crippen LogP) is 3.88. The van der Waals surface area contributed by atoms with Crippen LogP contribution in [0.3, 0.4) is 0 Å². The van der Waals surface area contributed by atoms with Crippen LogP contribution in [0.1, 0.15) is 30.9 Å². The Morgan fingerprint density at radius 3 is 2.53 bits per heavy atom. The van der Waals surface area contributed by atoms with E-state index < -0.39 is 0 Å². The molecule has 7 heteroatoms. The fourth-order valence-electron chi connectivity index (χ4n) is 3.66. The minimum atomic E-state index is 0.231. The Morgan fingerprint density at radius 2 is 1.87 bits per heavy atom. The third kappa shape index (κ3) is 5.34. The first-order valence-electron chi connectivity index (χ1n) is 10.5. The van der Waals surface area contributed by atoms with E-state index >= 15 is 0 Å². The second-order valence-corrected chi connectivity index (χ2v) is 9.05. The molecule has 3 heterocycles. The average Bonchev–Trinajstić information content (AvgIpc) is 3.41. The second-order valence-electron chi connectivity index (χ2n) is 8.27. The van der Waals surface area contributed by atoms with Crippen molar-refractivity contribution in [2.24, 2.45) is 5.92 Å². The normalized spacial score (nSPS) is 15.1. The molecule has 0 aliphatic carbocycles. The van der Waals surface area contributed by atoms with Crippen LogP contribution in [-0.2, 0) is 24.2 Å². The van der Waals surface area contributed by atoms with Crippen LogP contribution in [-0.4, -0.2) is 52.0 Å². The molecule has 1 fully saturated rings. The van der Waals surface area contributed by atoms with E-state index in [2.05, 4.69) is 58.5 Å². The van der Waals surface area contributed by atoms with Crippen LogP contribution < -0.4 is 0 Å². The van der Waals surface area contributed by atoms with Gasteiger partial charge in [-0.25, -0.2) is 0 Å². The Balaban J connectivity index is 1.27. The van der Waals surface area contributed by atoms with Gasteiger partial charge in [0.05, 0.1) is 6.42 Å². The molecule has 3 aromatic rings. The van der Waals surface area contributed by atoms with Crippen molar-refractivity contribution in [2.45, 2.75) is 33.2 Å². The molecule has 1 aromatic carbocycles. The third-order valence-corrected chi connectivity index (χ3v) is 6.06. The fraction of sp³-hybridized carbons (Fsp3) is 0.435. The van der Waals surface area contributed by atoms with Gasteiger partial charge in [-0.3, -0.25) is 9.69 Å². The lowest BCUT2D eigenvalue weighted by molar-refractivity contribution is -0.132. The number of hydrogen-bond acceptors (Lipinski definition) is 6. The first-order chi connectivity index (χ1) is 14.6. The lowest BCUT2D eigenvalue weighted by atomic mass is 10.1. The van der Waals surface area contributed by atoms with Gasteiger partial charge in [0, 0.05) is 44.7 Å². The standard InChI is InChI=1S/C23H28N4O2S/c1-17(2)13-21-24-23(25-29-21)20-5-3-18(4-6-20)15-26-8-10-27(11-9-26)22(28)14-19-7-12-30-16-19/h3-7,12,16-17H,8-11,13-15H2,1-2H3. The molecule has 1 amide bonds. The Morgan fingerprint density at radius 1 is 1.10 bits per heavy atom. The van der Waals surface area contributed by atoms with E-state index in [0.717, 1.165) is 50.3 Å². The van der Waals surface area contributed by atoms with E-state index in [4.69, 9.17) is 4.52 Å². The van der Waals surface area contributed by atoms with Gasteiger partial charge in [-0.15, -0.1) is 0 Å². The van der Waals surface area contributed by atoms with Gasteiger partial charge in [0.25, 0.3) is 0 Å². The maximum absolute atomic E-state index is 12.5. The van der Waals surface area contributed by atoms with Crippen LogP contribution in [0.5, 0.6) is 0 Å². The van der Waals surface area contributed by atoms with Gasteiger partial charge in [-0.1, -0.05) is 43.3 Å². The molecule has 30 heavy (non-hydrogen) atoms. The molecule has 2 aromatic heterocycles. The highest BCUT2D eigenvalue weighted by molar-refractivity contribution is 7.08. The minimum absolute atomic E-state index is 0.231. The number of rotatable bonds is 7. The van der Waals surface area contributed by atoms with Crippen molar-refractivity contribution in [3.8, 4) is 11.4 Å². The second kappa shape index (κ2) is 9.53. The molecule has 0 atom stereocenters. The molecule has 0 saturated carbocycles. The number of benzene rings is 1. The van der Waals surface area contributed by atoms with Crippen LogP contribution in [0, 0.1) is 5.92 Å². The van der Waals surface area contributed by atoms with E-state index in [1.807, 2.05) is 16.3 Å². The summed E-state index contributed by atoms with van der Waals surface area (Å²) in [5, 5.41) is 8.18. The highest BCUT2D eigenvalue weighted by Gasteiger charge is 2.21. The lowest BCUT2D eigenvalue weighted by Crippen LogP contribution is -2.48. The van der Waals surface area contributed by atoms with Gasteiger partial charge in [-0.05, 0) is 33.9 Å². The van der Waals surface area contributed by atoms with E-state index in [9.17, 15) is 4.79 Å². The number of thiophene rings is 1. The van der Waals surface area contributed by atoms with Crippen molar-refractivity contribution in [3.05, 3.63) is 58.1 Å². The smallest absolute Gasteiger partial charge is 0.227 e. The first kappa shape index (κ1) is 20.8. The van der Waals surface area contributed by atoms with E-state index in [-0.39, 0.29) is 5.91 Å². The number of hydrogen-bond donors (Lipinski definition) is 0. The molecule has 4 rings (SSSR count). The van der Waals surface area contributed by atoms with Gasteiger partial charge in [0.2, 0.25) is 17.6 Å². The quantitative estimate of drug-likeness (QED) is 0.576. The highest BCUT2D eigenvalue weighted by Crippen LogP contribution is 2.19. The van der Waals surface area contributed by atoms with Gasteiger partial charge in [0.15, 0.2) is 0 Å². The monoisotopic (exact) mass is 424 g/mol. The van der Waals surface area contributed by atoms with E-state index in [1.165, 1.54) is 5.56 Å². The number of aromatic nitrogens is 2. The predicted molar refractivity (Wildman–Crippen MR) is 118 cm³/mol. The van der Waals surface area contributed by atoms with Crippen LogP contribution in [0.25, 0.3) is 11.4 Å². The third-order valence-electron chi connectivity index (χ3n) is 5.33. The topological polar surface area (TPSA) is 62.5 Å². The summed E-state index contributed by atoms with van der Waals surface area (Å²) < 4.78 is 5.34. The largest absolute Gasteiger partial charge is 0.340 e. The van der Waals surface area contributed by atoms with Crippen LogP contribution in [0.2, 0.25) is 0 Å². The molecule has 0 unspecified atom stereocenters. The summed E-state index contributed by atoms with van der Waals surface area (Å²) in [5.74, 6) is 2.06. The van der Waals surface area contributed by atoms with Crippen molar-refractivity contribution in [1.82, 2.24) is 19.9 Å². The molecule has 0 radical (unpaired) electrons.